The highest BCUT2D eigenvalue weighted by atomic mass is 35.5. The molecule has 0 bridgehead atoms. The van der Waals surface area contributed by atoms with Gasteiger partial charge in [-0.1, -0.05) is 29.3 Å². The van der Waals surface area contributed by atoms with Gasteiger partial charge in [0.05, 0.1) is 12.7 Å². The first-order valence-electron chi connectivity index (χ1n) is 8.25. The second-order valence-corrected chi connectivity index (χ2v) is 7.41. The van der Waals surface area contributed by atoms with Gasteiger partial charge in [-0.2, -0.15) is 0 Å². The summed E-state index contributed by atoms with van der Waals surface area (Å²) in [5.41, 5.74) is 2.01. The highest BCUT2D eigenvalue weighted by Crippen LogP contribution is 2.25. The number of ether oxygens (including phenoxy) is 2. The fourth-order valence-corrected chi connectivity index (χ4v) is 2.79. The van der Waals surface area contributed by atoms with E-state index in [-0.39, 0.29) is 6.09 Å². The smallest absolute Gasteiger partial charge is 0.410 e. The number of benzene rings is 1. The molecule has 0 N–H and O–H groups in total. The van der Waals surface area contributed by atoms with Crippen LogP contribution in [0.3, 0.4) is 0 Å². The Labute approximate surface area is 153 Å². The van der Waals surface area contributed by atoms with Crippen LogP contribution in [0.25, 0.3) is 6.08 Å². The van der Waals surface area contributed by atoms with Crippen LogP contribution in [0.2, 0.25) is 5.02 Å². The minimum Gasteiger partial charge on any atom is -0.465 e. The summed E-state index contributed by atoms with van der Waals surface area (Å²) in [7, 11) is 1.34. The summed E-state index contributed by atoms with van der Waals surface area (Å²) >= 11 is 6.26. The predicted octanol–water partition coefficient (Wildman–Crippen LogP) is 4.54. The van der Waals surface area contributed by atoms with Crippen LogP contribution in [0.4, 0.5) is 4.79 Å². The molecule has 0 spiro atoms. The van der Waals surface area contributed by atoms with Gasteiger partial charge >= 0.3 is 12.1 Å². The predicted molar refractivity (Wildman–Crippen MR) is 97.8 cm³/mol. The fraction of sp³-hybridized carbons (Fsp3) is 0.474. The third-order valence-corrected chi connectivity index (χ3v) is 4.17. The number of hydrogen-bond acceptors (Lipinski definition) is 4. The Bertz CT molecular complexity index is 681. The molecule has 0 atom stereocenters. The number of carbonyl (C=O) groups excluding carboxylic acids is 2. The van der Waals surface area contributed by atoms with Gasteiger partial charge in [-0.25, -0.2) is 9.59 Å². The first-order valence-corrected chi connectivity index (χ1v) is 8.62. The molecule has 0 radical (unpaired) electrons. The Morgan fingerprint density at radius 2 is 1.84 bits per heavy atom. The van der Waals surface area contributed by atoms with Crippen molar-refractivity contribution in [3.05, 3.63) is 39.9 Å². The number of methoxy groups -OCH3 is 1. The van der Waals surface area contributed by atoms with E-state index in [9.17, 15) is 9.59 Å². The van der Waals surface area contributed by atoms with Gasteiger partial charge in [0, 0.05) is 18.1 Å². The molecule has 6 heteroatoms. The van der Waals surface area contributed by atoms with Crippen molar-refractivity contribution in [1.82, 2.24) is 4.90 Å². The Kier molecular flexibility index (Phi) is 6.11. The van der Waals surface area contributed by atoms with Crippen molar-refractivity contribution in [2.75, 3.05) is 20.2 Å². The average Bonchev–Trinajstić information content (AvgIpc) is 2.55. The van der Waals surface area contributed by atoms with Gasteiger partial charge in [-0.3, -0.25) is 0 Å². The van der Waals surface area contributed by atoms with Crippen LogP contribution in [-0.2, 0) is 9.47 Å². The Morgan fingerprint density at radius 3 is 2.36 bits per heavy atom. The van der Waals surface area contributed by atoms with Crippen molar-refractivity contribution in [3.8, 4) is 0 Å². The van der Waals surface area contributed by atoms with Gasteiger partial charge < -0.3 is 14.4 Å². The number of carbonyl (C=O) groups is 2. The average molecular weight is 366 g/mol. The van der Waals surface area contributed by atoms with Crippen LogP contribution in [0.5, 0.6) is 0 Å². The normalized spacial score (nSPS) is 14.9. The van der Waals surface area contributed by atoms with E-state index in [1.807, 2.05) is 32.9 Å². The summed E-state index contributed by atoms with van der Waals surface area (Å²) in [6.45, 7) is 6.83. The molecule has 1 heterocycles. The number of halogens is 1. The minimum atomic E-state index is -0.484. The Balaban J connectivity index is 2.01. The molecule has 0 unspecified atom stereocenters. The Morgan fingerprint density at radius 1 is 1.20 bits per heavy atom. The Hall–Kier alpha value is -2.01. The lowest BCUT2D eigenvalue weighted by Gasteiger charge is -2.31. The lowest BCUT2D eigenvalue weighted by atomic mass is 10.0. The molecule has 136 valence electrons. The maximum Gasteiger partial charge on any atom is 0.410 e. The SMILES string of the molecule is COC(=O)c1ccc(C=C2CCN(C(=O)OC(C)(C)C)CC2)c(Cl)c1. The molecule has 0 aliphatic carbocycles. The van der Waals surface area contributed by atoms with Gasteiger partial charge in [0.2, 0.25) is 0 Å². The zero-order valence-electron chi connectivity index (χ0n) is 15.1. The van der Waals surface area contributed by atoms with Gasteiger partial charge in [0.25, 0.3) is 0 Å². The second kappa shape index (κ2) is 7.91. The molecule has 1 aliphatic heterocycles. The maximum absolute atomic E-state index is 12.1. The van der Waals surface area contributed by atoms with Gasteiger partial charge in [0.1, 0.15) is 5.60 Å². The molecule has 1 aliphatic rings. The molecule has 2 rings (SSSR count). The molecule has 1 aromatic rings. The van der Waals surface area contributed by atoms with Gasteiger partial charge in [-0.05, 0) is 51.3 Å². The molecule has 0 aromatic heterocycles. The van der Waals surface area contributed by atoms with E-state index in [4.69, 9.17) is 16.3 Å². The number of rotatable bonds is 2. The van der Waals surface area contributed by atoms with E-state index >= 15 is 0 Å². The monoisotopic (exact) mass is 365 g/mol. The first kappa shape index (κ1) is 19.3. The summed E-state index contributed by atoms with van der Waals surface area (Å²) in [5.74, 6) is -0.410. The largest absolute Gasteiger partial charge is 0.465 e. The molecule has 1 aromatic carbocycles. The van der Waals surface area contributed by atoms with E-state index in [1.54, 1.807) is 17.0 Å². The van der Waals surface area contributed by atoms with Crippen LogP contribution in [-0.4, -0.2) is 42.8 Å². The number of piperidine rings is 1. The van der Waals surface area contributed by atoms with Crippen LogP contribution < -0.4 is 0 Å². The minimum absolute atomic E-state index is 0.271. The summed E-state index contributed by atoms with van der Waals surface area (Å²) in [4.78, 5) is 25.3. The zero-order valence-corrected chi connectivity index (χ0v) is 15.9. The van der Waals surface area contributed by atoms with E-state index < -0.39 is 11.6 Å². The number of likely N-dealkylation sites (tertiary alicyclic amines) is 1. The van der Waals surface area contributed by atoms with E-state index in [1.165, 1.54) is 12.7 Å². The summed E-state index contributed by atoms with van der Waals surface area (Å²) in [6.07, 6.45) is 3.30. The summed E-state index contributed by atoms with van der Waals surface area (Å²) in [6, 6.07) is 5.11. The quantitative estimate of drug-likeness (QED) is 0.722. The van der Waals surface area contributed by atoms with Gasteiger partial charge in [-0.15, -0.1) is 0 Å². The lowest BCUT2D eigenvalue weighted by Crippen LogP contribution is -2.40. The first-order chi connectivity index (χ1) is 11.7. The fourth-order valence-electron chi connectivity index (χ4n) is 2.56. The third kappa shape index (κ3) is 5.49. The van der Waals surface area contributed by atoms with Crippen LogP contribution in [0.15, 0.2) is 23.8 Å². The molecule has 5 nitrogen and oxygen atoms in total. The maximum atomic E-state index is 12.1. The highest BCUT2D eigenvalue weighted by molar-refractivity contribution is 6.32. The summed E-state index contributed by atoms with van der Waals surface area (Å²) < 4.78 is 10.1. The molecule has 1 saturated heterocycles. The number of hydrogen-bond donors (Lipinski definition) is 0. The standard InChI is InChI=1S/C19H24ClNO4/c1-19(2,3)25-18(23)21-9-7-13(8-10-21)11-14-5-6-15(12-16(14)20)17(22)24-4/h5-6,11-12H,7-10H2,1-4H3. The number of amides is 1. The van der Waals surface area contributed by atoms with Gasteiger partial charge in [0.15, 0.2) is 0 Å². The van der Waals surface area contributed by atoms with Crippen LogP contribution >= 0.6 is 11.6 Å². The van der Waals surface area contributed by atoms with Crippen molar-refractivity contribution in [2.45, 2.75) is 39.2 Å². The second-order valence-electron chi connectivity index (χ2n) is 7.00. The zero-order chi connectivity index (χ0) is 18.6. The molecule has 0 saturated carbocycles. The molecular weight excluding hydrogens is 342 g/mol. The molecular formula is C19H24ClNO4. The third-order valence-electron chi connectivity index (χ3n) is 3.84. The van der Waals surface area contributed by atoms with E-state index in [0.29, 0.717) is 23.7 Å². The van der Waals surface area contributed by atoms with E-state index in [2.05, 4.69) is 4.74 Å². The van der Waals surface area contributed by atoms with E-state index in [0.717, 1.165) is 18.4 Å². The van der Waals surface area contributed by atoms with Crippen molar-refractivity contribution < 1.29 is 19.1 Å². The lowest BCUT2D eigenvalue weighted by molar-refractivity contribution is 0.0236. The molecule has 1 amide bonds. The molecule has 25 heavy (non-hydrogen) atoms. The number of esters is 1. The van der Waals surface area contributed by atoms with Crippen molar-refractivity contribution in [1.29, 1.82) is 0 Å². The van der Waals surface area contributed by atoms with Crippen LogP contribution in [0.1, 0.15) is 49.5 Å². The topological polar surface area (TPSA) is 55.8 Å². The van der Waals surface area contributed by atoms with Crippen molar-refractivity contribution in [3.63, 3.8) is 0 Å². The number of nitrogens with zero attached hydrogens (tertiary/aromatic N) is 1. The van der Waals surface area contributed by atoms with Crippen molar-refractivity contribution >= 4 is 29.7 Å². The molecule has 1 fully saturated rings. The summed E-state index contributed by atoms with van der Waals surface area (Å²) in [5, 5.41) is 0.505. The highest BCUT2D eigenvalue weighted by Gasteiger charge is 2.24. The van der Waals surface area contributed by atoms with Crippen molar-refractivity contribution in [2.24, 2.45) is 0 Å². The van der Waals surface area contributed by atoms with Crippen LogP contribution in [0, 0.1) is 0 Å².